The van der Waals surface area contributed by atoms with Gasteiger partial charge >= 0.3 is 0 Å². The summed E-state index contributed by atoms with van der Waals surface area (Å²) >= 11 is 0. The summed E-state index contributed by atoms with van der Waals surface area (Å²) in [5.74, 6) is -0.702. The van der Waals surface area contributed by atoms with Crippen molar-refractivity contribution in [3.05, 3.63) is 77.3 Å². The Bertz CT molecular complexity index is 1090. The van der Waals surface area contributed by atoms with Gasteiger partial charge in [0.2, 0.25) is 5.95 Å². The van der Waals surface area contributed by atoms with E-state index in [9.17, 15) is 8.42 Å². The lowest BCUT2D eigenvalue weighted by atomic mass is 10.0. The van der Waals surface area contributed by atoms with E-state index in [4.69, 9.17) is 0 Å². The van der Waals surface area contributed by atoms with Gasteiger partial charge in [-0.1, -0.05) is 61.4 Å². The van der Waals surface area contributed by atoms with Crippen LogP contribution in [0.4, 0.5) is 4.39 Å². The van der Waals surface area contributed by atoms with Crippen molar-refractivity contribution in [1.82, 2.24) is 3.97 Å². The molecule has 3 nitrogen and oxygen atoms in total. The summed E-state index contributed by atoms with van der Waals surface area (Å²) in [6.45, 7) is 5.95. The van der Waals surface area contributed by atoms with E-state index < -0.39 is 16.0 Å². The molecule has 0 saturated carbocycles. The van der Waals surface area contributed by atoms with E-state index in [1.54, 1.807) is 30.3 Å². The summed E-state index contributed by atoms with van der Waals surface area (Å²) in [6, 6.07) is 13.5. The highest BCUT2D eigenvalue weighted by Crippen LogP contribution is 2.31. The molecule has 1 aromatic heterocycles. The van der Waals surface area contributed by atoms with Gasteiger partial charge in [0.1, 0.15) is 0 Å². The van der Waals surface area contributed by atoms with Crippen LogP contribution in [-0.2, 0) is 16.4 Å². The molecule has 0 fully saturated rings. The number of aryl methyl sites for hydroxylation is 1. The lowest BCUT2D eigenvalue weighted by Gasteiger charge is -2.09. The summed E-state index contributed by atoms with van der Waals surface area (Å²) in [4.78, 5) is 0.0825. The fourth-order valence-electron chi connectivity index (χ4n) is 3.32. The van der Waals surface area contributed by atoms with Gasteiger partial charge in [-0.2, -0.15) is 4.39 Å². The Morgan fingerprint density at radius 1 is 1.07 bits per heavy atom. The average molecular weight is 386 g/mol. The maximum atomic E-state index is 15.4. The Kier molecular flexibility index (Phi) is 5.51. The van der Waals surface area contributed by atoms with Crippen LogP contribution < -0.4 is 0 Å². The number of fused-ring (bicyclic) bond motifs is 1. The SMILES string of the molecule is CC/C=C(\CC)Cc1c(F)n(S(=O)(=O)c2ccc(C)cc2)c2ccccc12. The largest absolute Gasteiger partial charge is 0.270 e. The van der Waals surface area contributed by atoms with Crippen molar-refractivity contribution in [2.75, 3.05) is 0 Å². The van der Waals surface area contributed by atoms with Crippen LogP contribution in [0.2, 0.25) is 0 Å². The molecule has 0 aliphatic heterocycles. The summed E-state index contributed by atoms with van der Waals surface area (Å²) in [5.41, 5.74) is 2.86. The van der Waals surface area contributed by atoms with Crippen molar-refractivity contribution in [3.63, 3.8) is 0 Å². The second-order valence-corrected chi connectivity index (χ2v) is 8.46. The number of benzene rings is 2. The van der Waals surface area contributed by atoms with Crippen molar-refractivity contribution < 1.29 is 12.8 Å². The summed E-state index contributed by atoms with van der Waals surface area (Å²) in [6.07, 6.45) is 4.16. The first kappa shape index (κ1) is 19.4. The molecule has 3 rings (SSSR count). The molecule has 0 N–H and O–H groups in total. The molecule has 27 heavy (non-hydrogen) atoms. The zero-order valence-electron chi connectivity index (χ0n) is 15.9. The highest BCUT2D eigenvalue weighted by Gasteiger charge is 2.27. The van der Waals surface area contributed by atoms with Crippen LogP contribution in [0.1, 0.15) is 37.8 Å². The van der Waals surface area contributed by atoms with E-state index >= 15 is 4.39 Å². The van der Waals surface area contributed by atoms with Crippen molar-refractivity contribution in [1.29, 1.82) is 0 Å². The lowest BCUT2D eigenvalue weighted by Crippen LogP contribution is -2.15. The van der Waals surface area contributed by atoms with Gasteiger partial charge < -0.3 is 0 Å². The van der Waals surface area contributed by atoms with Crippen LogP contribution in [0.25, 0.3) is 10.9 Å². The topological polar surface area (TPSA) is 39.1 Å². The molecule has 0 bridgehead atoms. The second-order valence-electron chi connectivity index (χ2n) is 6.67. The number of hydrogen-bond acceptors (Lipinski definition) is 2. The molecular weight excluding hydrogens is 361 g/mol. The highest BCUT2D eigenvalue weighted by molar-refractivity contribution is 7.90. The smallest absolute Gasteiger partial charge is 0.208 e. The van der Waals surface area contributed by atoms with E-state index in [1.165, 1.54) is 12.1 Å². The highest BCUT2D eigenvalue weighted by atomic mass is 32.2. The molecule has 0 radical (unpaired) electrons. The van der Waals surface area contributed by atoms with Gasteiger partial charge in [-0.25, -0.2) is 12.4 Å². The number of nitrogens with zero attached hydrogens (tertiary/aromatic N) is 1. The van der Waals surface area contributed by atoms with Gasteiger partial charge in [0.25, 0.3) is 10.0 Å². The standard InChI is InChI=1S/C22H24FNO2S/c1-4-8-17(5-2)15-20-19-9-6-7-10-21(19)24(22(20)23)27(25,26)18-13-11-16(3)12-14-18/h6-14H,4-5,15H2,1-3H3/b17-8+. The molecule has 0 aliphatic rings. The summed E-state index contributed by atoms with van der Waals surface area (Å²) < 4.78 is 42.7. The predicted octanol–water partition coefficient (Wildman–Crippen LogP) is 5.61. The van der Waals surface area contributed by atoms with Crippen LogP contribution >= 0.6 is 0 Å². The monoisotopic (exact) mass is 385 g/mol. The third-order valence-corrected chi connectivity index (χ3v) is 6.49. The van der Waals surface area contributed by atoms with Gasteiger partial charge in [-0.3, -0.25) is 0 Å². The third kappa shape index (κ3) is 3.56. The van der Waals surface area contributed by atoms with Gasteiger partial charge in [-0.15, -0.1) is 0 Å². The maximum absolute atomic E-state index is 15.4. The van der Waals surface area contributed by atoms with Gasteiger partial charge in [0, 0.05) is 10.9 Å². The van der Waals surface area contributed by atoms with Gasteiger partial charge in [0.15, 0.2) is 0 Å². The third-order valence-electron chi connectivity index (χ3n) is 4.79. The quantitative estimate of drug-likeness (QED) is 0.517. The van der Waals surface area contributed by atoms with Crippen molar-refractivity contribution in [3.8, 4) is 0 Å². The lowest BCUT2D eigenvalue weighted by molar-refractivity contribution is 0.538. The molecule has 2 aromatic carbocycles. The molecule has 1 heterocycles. The molecule has 0 aliphatic carbocycles. The first-order valence-electron chi connectivity index (χ1n) is 9.18. The Morgan fingerprint density at radius 3 is 2.37 bits per heavy atom. The number of halogens is 1. The summed E-state index contributed by atoms with van der Waals surface area (Å²) in [5, 5.41) is 0.640. The fraction of sp³-hybridized carbons (Fsp3) is 0.273. The first-order chi connectivity index (χ1) is 12.9. The molecule has 0 saturated heterocycles. The van der Waals surface area contributed by atoms with Crippen LogP contribution in [0.15, 0.2) is 65.1 Å². The fourth-order valence-corrected chi connectivity index (χ4v) is 4.75. The predicted molar refractivity (Wildman–Crippen MR) is 108 cm³/mol. The minimum atomic E-state index is -4.02. The summed E-state index contributed by atoms with van der Waals surface area (Å²) in [7, 11) is -4.02. The minimum Gasteiger partial charge on any atom is -0.208 e. The van der Waals surface area contributed by atoms with Crippen LogP contribution in [0, 0.1) is 12.9 Å². The number of para-hydroxylation sites is 1. The number of rotatable bonds is 6. The molecular formula is C22H24FNO2S. The van der Waals surface area contributed by atoms with Crippen molar-refractivity contribution >= 4 is 20.9 Å². The minimum absolute atomic E-state index is 0.0825. The van der Waals surface area contributed by atoms with Gasteiger partial charge in [-0.05, 0) is 44.4 Å². The Balaban J connectivity index is 2.24. The van der Waals surface area contributed by atoms with E-state index in [2.05, 4.69) is 6.08 Å². The van der Waals surface area contributed by atoms with Gasteiger partial charge in [0.05, 0.1) is 10.4 Å². The second kappa shape index (κ2) is 7.69. The maximum Gasteiger partial charge on any atom is 0.270 e. The number of allylic oxidation sites excluding steroid dienone is 2. The van der Waals surface area contributed by atoms with E-state index in [0.717, 1.165) is 28.0 Å². The molecule has 142 valence electrons. The Morgan fingerprint density at radius 2 is 1.74 bits per heavy atom. The van der Waals surface area contributed by atoms with Crippen molar-refractivity contribution in [2.24, 2.45) is 0 Å². The van der Waals surface area contributed by atoms with Crippen LogP contribution in [0.5, 0.6) is 0 Å². The Labute approximate surface area is 160 Å². The molecule has 0 amide bonds. The average Bonchev–Trinajstić information content (AvgIpc) is 2.94. The molecule has 0 unspecified atom stereocenters. The zero-order chi connectivity index (χ0) is 19.6. The van der Waals surface area contributed by atoms with E-state index in [-0.39, 0.29) is 4.90 Å². The number of hydrogen-bond donors (Lipinski definition) is 0. The van der Waals surface area contributed by atoms with E-state index in [0.29, 0.717) is 22.9 Å². The first-order valence-corrected chi connectivity index (χ1v) is 10.6. The Hall–Kier alpha value is -2.40. The van der Waals surface area contributed by atoms with Crippen LogP contribution in [-0.4, -0.2) is 12.4 Å². The molecule has 3 aromatic rings. The molecule has 5 heteroatoms. The number of aromatic nitrogens is 1. The zero-order valence-corrected chi connectivity index (χ0v) is 16.7. The van der Waals surface area contributed by atoms with Crippen molar-refractivity contribution in [2.45, 2.75) is 44.9 Å². The molecule has 0 spiro atoms. The van der Waals surface area contributed by atoms with E-state index in [1.807, 2.05) is 26.8 Å². The normalized spacial score (nSPS) is 12.7. The molecule has 0 atom stereocenters. The van der Waals surface area contributed by atoms with Crippen LogP contribution in [0.3, 0.4) is 0 Å².